The summed E-state index contributed by atoms with van der Waals surface area (Å²) in [6.07, 6.45) is 6.99. The van der Waals surface area contributed by atoms with Crippen LogP contribution in [-0.2, 0) is 4.74 Å². The lowest BCUT2D eigenvalue weighted by molar-refractivity contribution is -0.0761. The zero-order valence-electron chi connectivity index (χ0n) is 16.0. The molecule has 0 aromatic rings. The van der Waals surface area contributed by atoms with Crippen LogP contribution in [0.15, 0.2) is 0 Å². The number of ether oxygens (including phenoxy) is 1. The number of nitrogens with zero attached hydrogens (tertiary/aromatic N) is 1. The van der Waals surface area contributed by atoms with Crippen LogP contribution in [0.25, 0.3) is 0 Å². The molecule has 0 radical (unpaired) electrons. The Morgan fingerprint density at radius 2 is 1.86 bits per heavy atom. The van der Waals surface area contributed by atoms with Crippen LogP contribution in [0.3, 0.4) is 0 Å². The molecule has 132 valence electrons. The normalized spacial score (nSPS) is 26.3. The molecule has 1 N–H and O–H groups in total. The van der Waals surface area contributed by atoms with Crippen LogP contribution in [0.2, 0.25) is 0 Å². The molecule has 1 aliphatic rings. The second-order valence-corrected chi connectivity index (χ2v) is 8.34. The van der Waals surface area contributed by atoms with Gasteiger partial charge in [0.05, 0.1) is 6.10 Å². The SMILES string of the molecule is CC(C)CC[C@]1(CCNCCN(C)C)CCO[C@@H](C(C)C)C1. The van der Waals surface area contributed by atoms with Crippen molar-refractivity contribution in [2.45, 2.75) is 65.9 Å². The molecule has 0 spiro atoms. The molecule has 0 aromatic heterocycles. The van der Waals surface area contributed by atoms with Crippen molar-refractivity contribution >= 4 is 0 Å². The van der Waals surface area contributed by atoms with Gasteiger partial charge in [0.2, 0.25) is 0 Å². The van der Waals surface area contributed by atoms with Gasteiger partial charge in [-0.25, -0.2) is 0 Å². The third-order valence-electron chi connectivity index (χ3n) is 5.16. The lowest BCUT2D eigenvalue weighted by atomic mass is 9.69. The van der Waals surface area contributed by atoms with E-state index >= 15 is 0 Å². The van der Waals surface area contributed by atoms with E-state index < -0.39 is 0 Å². The highest BCUT2D eigenvalue weighted by Crippen LogP contribution is 2.43. The Balaban J connectivity index is 2.50. The minimum atomic E-state index is 0.461. The minimum Gasteiger partial charge on any atom is -0.378 e. The van der Waals surface area contributed by atoms with Gasteiger partial charge in [0.15, 0.2) is 0 Å². The molecule has 1 aliphatic heterocycles. The Morgan fingerprint density at radius 3 is 2.45 bits per heavy atom. The van der Waals surface area contributed by atoms with Gasteiger partial charge in [-0.05, 0) is 63.6 Å². The van der Waals surface area contributed by atoms with E-state index in [1.54, 1.807) is 0 Å². The molecule has 0 saturated carbocycles. The molecule has 1 rings (SSSR count). The van der Waals surface area contributed by atoms with Crippen molar-refractivity contribution in [3.05, 3.63) is 0 Å². The summed E-state index contributed by atoms with van der Waals surface area (Å²) >= 11 is 0. The highest BCUT2D eigenvalue weighted by Gasteiger charge is 2.37. The first kappa shape index (κ1) is 19.9. The number of rotatable bonds is 10. The Morgan fingerprint density at radius 1 is 1.14 bits per heavy atom. The average Bonchev–Trinajstić information content (AvgIpc) is 2.45. The summed E-state index contributed by atoms with van der Waals surface area (Å²) < 4.78 is 6.03. The number of hydrogen-bond donors (Lipinski definition) is 1. The minimum absolute atomic E-state index is 0.461. The van der Waals surface area contributed by atoms with Gasteiger partial charge in [0.1, 0.15) is 0 Å². The first-order valence-corrected chi connectivity index (χ1v) is 9.32. The first-order chi connectivity index (χ1) is 10.3. The molecular weight excluding hydrogens is 272 g/mol. The lowest BCUT2D eigenvalue weighted by Crippen LogP contribution is -2.40. The molecule has 0 amide bonds. The van der Waals surface area contributed by atoms with Gasteiger partial charge >= 0.3 is 0 Å². The summed E-state index contributed by atoms with van der Waals surface area (Å²) in [5.41, 5.74) is 0.503. The number of nitrogens with one attached hydrogen (secondary N) is 1. The Labute approximate surface area is 139 Å². The number of likely N-dealkylation sites (N-methyl/N-ethyl adjacent to an activating group) is 1. The van der Waals surface area contributed by atoms with Crippen LogP contribution in [0, 0.1) is 17.3 Å². The Bertz CT molecular complexity index is 291. The topological polar surface area (TPSA) is 24.5 Å². The van der Waals surface area contributed by atoms with Crippen molar-refractivity contribution in [2.75, 3.05) is 40.3 Å². The van der Waals surface area contributed by atoms with Gasteiger partial charge in [-0.2, -0.15) is 0 Å². The molecule has 0 aliphatic carbocycles. The largest absolute Gasteiger partial charge is 0.378 e. The summed E-state index contributed by atoms with van der Waals surface area (Å²) in [6.45, 7) is 13.6. The zero-order chi connectivity index (χ0) is 16.6. The molecule has 0 bridgehead atoms. The maximum atomic E-state index is 6.03. The van der Waals surface area contributed by atoms with Crippen molar-refractivity contribution in [1.29, 1.82) is 0 Å². The smallest absolute Gasteiger partial charge is 0.0603 e. The van der Waals surface area contributed by atoms with Crippen molar-refractivity contribution in [3.8, 4) is 0 Å². The van der Waals surface area contributed by atoms with Crippen molar-refractivity contribution < 1.29 is 4.74 Å². The highest BCUT2D eigenvalue weighted by atomic mass is 16.5. The fourth-order valence-electron chi connectivity index (χ4n) is 3.40. The second kappa shape index (κ2) is 9.89. The molecule has 3 nitrogen and oxygen atoms in total. The maximum absolute atomic E-state index is 6.03. The van der Waals surface area contributed by atoms with Crippen LogP contribution in [0.1, 0.15) is 59.8 Å². The summed E-state index contributed by atoms with van der Waals surface area (Å²) in [5, 5.41) is 3.64. The Kier molecular flexibility index (Phi) is 8.96. The molecule has 2 atom stereocenters. The van der Waals surface area contributed by atoms with E-state index in [0.29, 0.717) is 17.4 Å². The predicted octanol–water partition coefficient (Wildman–Crippen LogP) is 3.79. The van der Waals surface area contributed by atoms with E-state index in [9.17, 15) is 0 Å². The summed E-state index contributed by atoms with van der Waals surface area (Å²) in [5.74, 6) is 1.44. The van der Waals surface area contributed by atoms with Crippen LogP contribution in [0.4, 0.5) is 0 Å². The summed E-state index contributed by atoms with van der Waals surface area (Å²) in [4.78, 5) is 2.24. The predicted molar refractivity (Wildman–Crippen MR) is 96.4 cm³/mol. The van der Waals surface area contributed by atoms with Gasteiger partial charge < -0.3 is 15.0 Å². The van der Waals surface area contributed by atoms with Gasteiger partial charge in [0.25, 0.3) is 0 Å². The lowest BCUT2D eigenvalue weighted by Gasteiger charge is -2.43. The standard InChI is InChI=1S/C19H40N2O/c1-16(2)7-8-19(9-11-20-12-13-21(5)6)10-14-22-18(15-19)17(3)4/h16-18,20H,7-15H2,1-6H3/t18-,19+/m1/s1. The van der Waals surface area contributed by atoms with E-state index in [-0.39, 0.29) is 0 Å². The Hall–Kier alpha value is -0.120. The summed E-state index contributed by atoms with van der Waals surface area (Å²) in [6, 6.07) is 0. The molecule has 1 heterocycles. The van der Waals surface area contributed by atoms with E-state index in [1.165, 1.54) is 32.1 Å². The van der Waals surface area contributed by atoms with Crippen LogP contribution >= 0.6 is 0 Å². The molecule has 1 fully saturated rings. The van der Waals surface area contributed by atoms with Gasteiger partial charge in [-0.3, -0.25) is 0 Å². The monoisotopic (exact) mass is 312 g/mol. The van der Waals surface area contributed by atoms with E-state index in [0.717, 1.165) is 32.2 Å². The third kappa shape index (κ3) is 7.43. The summed E-state index contributed by atoms with van der Waals surface area (Å²) in [7, 11) is 4.27. The fourth-order valence-corrected chi connectivity index (χ4v) is 3.40. The van der Waals surface area contributed by atoms with Crippen LogP contribution in [0.5, 0.6) is 0 Å². The molecule has 0 aromatic carbocycles. The second-order valence-electron chi connectivity index (χ2n) is 8.34. The fraction of sp³-hybridized carbons (Fsp3) is 1.00. The average molecular weight is 313 g/mol. The molecule has 0 unspecified atom stereocenters. The van der Waals surface area contributed by atoms with Crippen molar-refractivity contribution in [2.24, 2.45) is 17.3 Å². The zero-order valence-corrected chi connectivity index (χ0v) is 16.0. The van der Waals surface area contributed by atoms with Gasteiger partial charge in [0, 0.05) is 19.7 Å². The number of hydrogen-bond acceptors (Lipinski definition) is 3. The highest BCUT2D eigenvalue weighted by molar-refractivity contribution is 4.88. The van der Waals surface area contributed by atoms with E-state index in [2.05, 4.69) is 52.0 Å². The quantitative estimate of drug-likeness (QED) is 0.621. The van der Waals surface area contributed by atoms with Gasteiger partial charge in [-0.1, -0.05) is 34.1 Å². The van der Waals surface area contributed by atoms with E-state index in [4.69, 9.17) is 4.74 Å². The third-order valence-corrected chi connectivity index (χ3v) is 5.16. The molecule has 1 saturated heterocycles. The van der Waals surface area contributed by atoms with Crippen LogP contribution < -0.4 is 5.32 Å². The molecule has 3 heteroatoms. The molecule has 22 heavy (non-hydrogen) atoms. The first-order valence-electron chi connectivity index (χ1n) is 9.32. The maximum Gasteiger partial charge on any atom is 0.0603 e. The van der Waals surface area contributed by atoms with Crippen molar-refractivity contribution in [1.82, 2.24) is 10.2 Å². The molecular formula is C19H40N2O. The van der Waals surface area contributed by atoms with E-state index in [1.807, 2.05) is 0 Å². The van der Waals surface area contributed by atoms with Crippen molar-refractivity contribution in [3.63, 3.8) is 0 Å². The van der Waals surface area contributed by atoms with Crippen LogP contribution in [-0.4, -0.2) is 51.3 Å². The van der Waals surface area contributed by atoms with Gasteiger partial charge in [-0.15, -0.1) is 0 Å².